The molecule has 0 unspecified atom stereocenters. The molecule has 3 saturated carbocycles. The number of rotatable bonds is 11. The molecule has 9 rings (SSSR count). The number of likely N-dealkylation sites (N-methyl/N-ethyl adjacent to an activating group) is 1. The summed E-state index contributed by atoms with van der Waals surface area (Å²) in [6, 6.07) is 13.3. The molecule has 2 saturated heterocycles. The fourth-order valence-electron chi connectivity index (χ4n) is 7.94. The Balaban J connectivity index is 0.000000269. The van der Waals surface area contributed by atoms with E-state index in [1.807, 2.05) is 20.8 Å². The maximum absolute atomic E-state index is 12.0. The second-order valence-electron chi connectivity index (χ2n) is 21.9. The number of carbonyl (C=O) groups is 4. The van der Waals surface area contributed by atoms with Crippen molar-refractivity contribution >= 4 is 120 Å². The zero-order valence-electron chi connectivity index (χ0n) is 48.1. The number of carboxylic acids is 2. The van der Waals surface area contributed by atoms with Crippen LogP contribution in [0.25, 0.3) is 0 Å². The van der Waals surface area contributed by atoms with Crippen LogP contribution in [-0.2, 0) is 22.2 Å². The van der Waals surface area contributed by atoms with Gasteiger partial charge in [-0.3, -0.25) is 0 Å². The maximum atomic E-state index is 12.0. The molecule has 0 spiro atoms. The van der Waals surface area contributed by atoms with Crippen molar-refractivity contribution in [2.45, 2.75) is 162 Å². The summed E-state index contributed by atoms with van der Waals surface area (Å²) in [5.74, 6) is -0.709. The Morgan fingerprint density at radius 1 is 0.537 bits per heavy atom. The molecule has 5 fully saturated rings. The number of piperidine rings is 1. The first-order valence-electron chi connectivity index (χ1n) is 27.6. The van der Waals surface area contributed by atoms with E-state index in [1.165, 1.54) is 101 Å². The Bertz CT molecular complexity index is 2590. The van der Waals surface area contributed by atoms with Gasteiger partial charge in [0.1, 0.15) is 54.4 Å². The second-order valence-corrected chi connectivity index (χ2v) is 23.9. The van der Waals surface area contributed by atoms with E-state index in [2.05, 4.69) is 71.9 Å². The molecule has 0 radical (unpaired) electrons. The number of aromatic nitrogens is 4. The van der Waals surface area contributed by atoms with Gasteiger partial charge in [-0.1, -0.05) is 84.7 Å². The number of nitrogens with two attached hydrogens (primary N) is 1. The summed E-state index contributed by atoms with van der Waals surface area (Å²) in [6.45, 7) is 24.1. The van der Waals surface area contributed by atoms with Crippen LogP contribution in [0, 0.1) is 0 Å². The number of aromatic carboxylic acids is 2. The summed E-state index contributed by atoms with van der Waals surface area (Å²) in [4.78, 5) is 68.6. The number of piperazine rings is 1. The number of nitrogens with one attached hydrogen (secondary N) is 2. The molecule has 2 aliphatic heterocycles. The molecule has 460 valence electrons. The normalized spacial score (nSPS) is 16.3. The van der Waals surface area contributed by atoms with Gasteiger partial charge < -0.3 is 50.8 Å². The number of halogens is 6. The zero-order chi connectivity index (χ0) is 61.2. The average molecular weight is 1400 g/mol. The molecule has 5 aliphatic rings. The summed E-state index contributed by atoms with van der Waals surface area (Å²) < 4.78 is 10.5. The third kappa shape index (κ3) is 29.0. The topological polar surface area (TPSA) is 239 Å². The van der Waals surface area contributed by atoms with Gasteiger partial charge in [-0.25, -0.2) is 39.1 Å². The molecular weight excluding hydrogens is 1320 g/mol. The van der Waals surface area contributed by atoms with E-state index < -0.39 is 29.1 Å². The van der Waals surface area contributed by atoms with Crippen molar-refractivity contribution < 1.29 is 51.6 Å². The van der Waals surface area contributed by atoms with Crippen LogP contribution in [0.4, 0.5) is 17.5 Å². The number of nitrogens with zero attached hydrogens (tertiary/aromatic N) is 7. The third-order valence-corrected chi connectivity index (χ3v) is 14.0. The molecule has 0 atom stereocenters. The standard InChI is InChI=1S/C16H24N4O2.C14H19ClN2O2.C10H11Cl2NO2.C7H15N.C6H3Cl2NO2.C4H9N.Cu.HI/c1-2-19-6-8-20(9-7-19)15-11-12(16(21)22)10-14(18-15)17-13-4-3-5-13;1-14(2,3)19-13(18)9-7-11(15)17-12(8-9)16-10-5-4-6-10;1-10(2,3)15-9(14)6-4-7(11)13-8(12)5-6;1-2-8-6-4-3-5-7-8;7-4-1-3(6(10)11)2-5(8)9-4;5-4-2-1-3-4;;/h10-11,13H,2-9H2,1H3,(H,17,18)(H,21,22);7-8,10H,4-6H2,1-3H3,(H,16,17);4-5H,1-3H3;2-7H2,1H3;1-2H,(H,10,11);4H,1-3,5H2;;1H/q;;;;;;+1;/p-1. The second kappa shape index (κ2) is 37.1. The van der Waals surface area contributed by atoms with Crippen molar-refractivity contribution in [2.24, 2.45) is 5.73 Å². The Labute approximate surface area is 528 Å². The SMILES string of the molecule is CC(C)(C)OC(=O)c1cc(Cl)nc(Cl)c1.CC(C)(C)OC(=O)c1cc(Cl)nc(NC2CCC2)c1.CCN1CCCCC1.CCN1CCN(c2cc(C(=O)O)cc(NC3CCC3)n2)CC1.NC1CCC1.O=C(O)c1cc(Cl)nc(Cl)c1.[Cu][I]. The number of likely N-dealkylation sites (tertiary alicyclic amines) is 1. The monoisotopic (exact) mass is 1400 g/mol. The van der Waals surface area contributed by atoms with Crippen LogP contribution in [0.1, 0.15) is 174 Å². The molecule has 3 aliphatic carbocycles. The van der Waals surface area contributed by atoms with Gasteiger partial charge in [0.25, 0.3) is 0 Å². The van der Waals surface area contributed by atoms with Gasteiger partial charge in [0.15, 0.2) is 0 Å². The first kappa shape index (κ1) is 72.7. The van der Waals surface area contributed by atoms with E-state index in [-0.39, 0.29) is 32.1 Å². The van der Waals surface area contributed by atoms with E-state index in [1.54, 1.807) is 59.3 Å². The van der Waals surface area contributed by atoms with Crippen molar-refractivity contribution in [3.05, 3.63) is 96.6 Å². The van der Waals surface area contributed by atoms with Crippen LogP contribution in [-0.4, -0.2) is 146 Å². The molecule has 82 heavy (non-hydrogen) atoms. The van der Waals surface area contributed by atoms with Crippen molar-refractivity contribution in [2.75, 3.05) is 67.9 Å². The van der Waals surface area contributed by atoms with E-state index in [0.29, 0.717) is 51.6 Å². The van der Waals surface area contributed by atoms with Gasteiger partial charge in [0.05, 0.1) is 22.3 Å². The Morgan fingerprint density at radius 2 is 0.878 bits per heavy atom. The number of anilines is 3. The minimum atomic E-state index is -1.07. The van der Waals surface area contributed by atoms with Crippen LogP contribution in [0.5, 0.6) is 0 Å². The van der Waals surface area contributed by atoms with Crippen LogP contribution in [0.15, 0.2) is 48.5 Å². The van der Waals surface area contributed by atoms with Gasteiger partial charge in [0, 0.05) is 44.3 Å². The Morgan fingerprint density at radius 3 is 1.22 bits per heavy atom. The summed E-state index contributed by atoms with van der Waals surface area (Å²) in [7, 11) is 0. The zero-order valence-corrected chi connectivity index (χ0v) is 55.0. The quantitative estimate of drug-likeness (QED) is 0.0406. The third-order valence-electron chi connectivity index (χ3n) is 13.0. The molecule has 4 aromatic rings. The number of ether oxygens (including phenoxy) is 2. The molecule has 6 heterocycles. The summed E-state index contributed by atoms with van der Waals surface area (Å²) >= 11 is 34.0. The summed E-state index contributed by atoms with van der Waals surface area (Å²) in [6.07, 6.45) is 15.2. The molecular formula is C57H81Cl5CuIN10O8. The van der Waals surface area contributed by atoms with Crippen molar-refractivity contribution in [1.29, 1.82) is 0 Å². The number of carbonyl (C=O) groups excluding carboxylic acids is 2. The Hall–Kier alpha value is -3.54. The summed E-state index contributed by atoms with van der Waals surface area (Å²) in [5.41, 5.74) is 5.39. The molecule has 18 nitrogen and oxygen atoms in total. The van der Waals surface area contributed by atoms with Crippen molar-refractivity contribution in [3.63, 3.8) is 0 Å². The van der Waals surface area contributed by atoms with Crippen LogP contribution < -0.4 is 21.3 Å². The first-order valence-corrected chi connectivity index (χ1v) is 32.5. The minimum absolute atomic E-state index is 0.0370. The van der Waals surface area contributed by atoms with Gasteiger partial charge in [-0.15, -0.1) is 0 Å². The predicted octanol–water partition coefficient (Wildman–Crippen LogP) is 13.8. The number of esters is 2. The van der Waals surface area contributed by atoms with Gasteiger partial charge in [-0.05, 0) is 180 Å². The molecule has 4 aromatic heterocycles. The fraction of sp³-hybridized carbons (Fsp3) is 0.579. The van der Waals surface area contributed by atoms with E-state index in [4.69, 9.17) is 78.3 Å². The molecule has 0 aromatic carbocycles. The molecule has 25 heteroatoms. The van der Waals surface area contributed by atoms with Crippen LogP contribution in [0.3, 0.4) is 0 Å². The molecule has 0 amide bonds. The van der Waals surface area contributed by atoms with Gasteiger partial charge in [0.2, 0.25) is 0 Å². The number of pyridine rings is 4. The van der Waals surface area contributed by atoms with Crippen molar-refractivity contribution in [1.82, 2.24) is 29.7 Å². The summed E-state index contributed by atoms with van der Waals surface area (Å²) in [5, 5.41) is 25.3. The van der Waals surface area contributed by atoms with Gasteiger partial charge in [-0.2, -0.15) is 0 Å². The molecule has 6 N–H and O–H groups in total. The first-order chi connectivity index (χ1) is 38.7. The van der Waals surface area contributed by atoms with Crippen LogP contribution >= 0.6 is 78.3 Å². The number of carboxylic acid groups (broad SMARTS) is 2. The van der Waals surface area contributed by atoms with E-state index in [0.717, 1.165) is 64.2 Å². The Kier molecular flexibility index (Phi) is 32.9. The van der Waals surface area contributed by atoms with E-state index >= 15 is 0 Å². The fourth-order valence-corrected chi connectivity index (χ4v) is 9.07. The van der Waals surface area contributed by atoms with E-state index in [9.17, 15) is 24.3 Å². The molecule has 0 bridgehead atoms. The average Bonchev–Trinajstić information content (AvgIpc) is 3.53. The number of hydrogen-bond acceptors (Lipinski definition) is 16. The van der Waals surface area contributed by atoms with Crippen molar-refractivity contribution in [3.8, 4) is 0 Å². The number of hydrogen-bond donors (Lipinski definition) is 5. The van der Waals surface area contributed by atoms with Crippen LogP contribution in [0.2, 0.25) is 25.8 Å². The predicted molar refractivity (Wildman–Crippen MR) is 335 cm³/mol. The van der Waals surface area contributed by atoms with Gasteiger partial charge >= 0.3 is 57.0 Å².